The van der Waals surface area contributed by atoms with Gasteiger partial charge in [0.15, 0.2) is 0 Å². The normalized spacial score (nSPS) is 17.1. The van der Waals surface area contributed by atoms with Gasteiger partial charge in [-0.1, -0.05) is 18.2 Å². The topological polar surface area (TPSA) is 70.6 Å². The lowest BCUT2D eigenvalue weighted by atomic mass is 10.0. The third-order valence-electron chi connectivity index (χ3n) is 5.42. The first-order chi connectivity index (χ1) is 14.8. The fourth-order valence-corrected chi connectivity index (χ4v) is 3.97. The minimum Gasteiger partial charge on any atom is -0.378 e. The molecule has 4 rings (SSSR count). The first-order valence-electron chi connectivity index (χ1n) is 9.85. The highest BCUT2D eigenvalue weighted by Crippen LogP contribution is 2.33. The zero-order valence-electron chi connectivity index (χ0n) is 16.7. The summed E-state index contributed by atoms with van der Waals surface area (Å²) < 4.78 is 46.0. The van der Waals surface area contributed by atoms with Crippen molar-refractivity contribution in [2.24, 2.45) is 0 Å². The number of urea groups is 1. The van der Waals surface area contributed by atoms with Gasteiger partial charge in [-0.3, -0.25) is 0 Å². The number of ether oxygens (including phenoxy) is 1. The molecule has 11 heteroatoms. The Hall–Kier alpha value is -2.59. The zero-order valence-corrected chi connectivity index (χ0v) is 17.5. The maximum Gasteiger partial charge on any atom is 0.320 e. The van der Waals surface area contributed by atoms with Crippen LogP contribution in [0.25, 0.3) is 0 Å². The average molecular weight is 456 g/mol. The smallest absolute Gasteiger partial charge is 0.320 e. The molecule has 2 aliphatic rings. The number of carbonyl (C=O) groups excluding carboxylic acids is 1. The Balaban J connectivity index is 1.56. The van der Waals surface area contributed by atoms with Crippen molar-refractivity contribution in [1.29, 1.82) is 0 Å². The molecule has 31 heavy (non-hydrogen) atoms. The lowest BCUT2D eigenvalue weighted by Crippen LogP contribution is -2.46. The van der Waals surface area contributed by atoms with Crippen LogP contribution in [0, 0.1) is 5.82 Å². The Morgan fingerprint density at radius 3 is 2.58 bits per heavy atom. The molecule has 3 heterocycles. The number of benzene rings is 1. The highest BCUT2D eigenvalue weighted by molar-refractivity contribution is 6.28. The van der Waals surface area contributed by atoms with Crippen LogP contribution in [0.4, 0.5) is 23.8 Å². The first-order valence-corrected chi connectivity index (χ1v) is 10.2. The van der Waals surface area contributed by atoms with Crippen LogP contribution in [0.1, 0.15) is 41.8 Å². The molecule has 2 aliphatic heterocycles. The zero-order chi connectivity index (χ0) is 22.1. The van der Waals surface area contributed by atoms with Crippen molar-refractivity contribution in [3.05, 3.63) is 51.7 Å². The molecule has 0 spiro atoms. The number of halogens is 4. The van der Waals surface area contributed by atoms with E-state index in [1.54, 1.807) is 16.7 Å². The molecule has 1 aromatic carbocycles. The molecule has 0 saturated carbocycles. The van der Waals surface area contributed by atoms with Crippen LogP contribution < -0.4 is 5.32 Å². The lowest BCUT2D eigenvalue weighted by Gasteiger charge is -2.30. The summed E-state index contributed by atoms with van der Waals surface area (Å²) in [4.78, 5) is 24.6. The Kier molecular flexibility index (Phi) is 6.19. The Morgan fingerprint density at radius 1 is 1.16 bits per heavy atom. The highest BCUT2D eigenvalue weighted by atomic mass is 35.5. The standard InChI is InChI=1S/C20H21ClF3N5O2/c1-11(12-3-2-4-13(16(12)22)17(23)24)25-18-14-9-29(10-15(14)26-19(21)27-18)20(30)28-5-7-31-8-6-28/h2-4,11,17H,5-10H2,1H3,(H,25,26,27)/t11-/m1/s1. The maximum absolute atomic E-state index is 14.6. The summed E-state index contributed by atoms with van der Waals surface area (Å²) in [5.41, 5.74) is 0.696. The average Bonchev–Trinajstić information content (AvgIpc) is 3.17. The van der Waals surface area contributed by atoms with E-state index in [9.17, 15) is 18.0 Å². The van der Waals surface area contributed by atoms with Crippen LogP contribution in [0.15, 0.2) is 18.2 Å². The monoisotopic (exact) mass is 455 g/mol. The molecule has 1 aromatic heterocycles. The molecule has 0 aliphatic carbocycles. The van der Waals surface area contributed by atoms with Crippen LogP contribution in [0.5, 0.6) is 0 Å². The molecular formula is C20H21ClF3N5O2. The SMILES string of the molecule is C[C@@H](Nc1nc(Cl)nc2c1CN(C(=O)N1CCOCC1)C2)c1cccc(C(F)F)c1F. The molecule has 2 amide bonds. The second-order valence-corrected chi connectivity index (χ2v) is 7.76. The number of nitrogens with one attached hydrogen (secondary N) is 1. The third kappa shape index (κ3) is 4.40. The van der Waals surface area contributed by atoms with Gasteiger partial charge in [0.05, 0.1) is 43.6 Å². The van der Waals surface area contributed by atoms with Crippen molar-refractivity contribution < 1.29 is 22.7 Å². The summed E-state index contributed by atoms with van der Waals surface area (Å²) >= 11 is 6.07. The van der Waals surface area contributed by atoms with Gasteiger partial charge in [-0.2, -0.15) is 0 Å². The number of aromatic nitrogens is 2. The van der Waals surface area contributed by atoms with Crippen molar-refractivity contribution in [2.45, 2.75) is 32.5 Å². The molecule has 2 aromatic rings. The summed E-state index contributed by atoms with van der Waals surface area (Å²) in [5, 5.41) is 3.04. The highest BCUT2D eigenvalue weighted by Gasteiger charge is 2.32. The fourth-order valence-electron chi connectivity index (χ4n) is 3.79. The van der Waals surface area contributed by atoms with Gasteiger partial charge in [0.1, 0.15) is 11.6 Å². The summed E-state index contributed by atoms with van der Waals surface area (Å²) in [5.74, 6) is -0.611. The van der Waals surface area contributed by atoms with Gasteiger partial charge in [0.2, 0.25) is 5.28 Å². The number of morpholine rings is 1. The van der Waals surface area contributed by atoms with E-state index in [-0.39, 0.29) is 30.0 Å². The number of alkyl halides is 2. The number of fused-ring (bicyclic) bond motifs is 1. The maximum atomic E-state index is 14.6. The second-order valence-electron chi connectivity index (χ2n) is 7.42. The quantitative estimate of drug-likeness (QED) is 0.701. The summed E-state index contributed by atoms with van der Waals surface area (Å²) in [7, 11) is 0. The van der Waals surface area contributed by atoms with E-state index in [0.29, 0.717) is 43.4 Å². The lowest BCUT2D eigenvalue weighted by molar-refractivity contribution is 0.0429. The van der Waals surface area contributed by atoms with E-state index < -0.39 is 23.8 Å². The fraction of sp³-hybridized carbons (Fsp3) is 0.450. The number of nitrogens with zero attached hydrogens (tertiary/aromatic N) is 4. The van der Waals surface area contributed by atoms with Crippen LogP contribution in [-0.4, -0.2) is 52.1 Å². The third-order valence-corrected chi connectivity index (χ3v) is 5.59. The molecule has 1 fully saturated rings. The first kappa shape index (κ1) is 21.6. The van der Waals surface area contributed by atoms with Crippen LogP contribution in [0.2, 0.25) is 5.28 Å². The minimum absolute atomic E-state index is 0.0177. The summed E-state index contributed by atoms with van der Waals surface area (Å²) in [6.07, 6.45) is -2.91. The number of hydrogen-bond donors (Lipinski definition) is 1. The van der Waals surface area contributed by atoms with Gasteiger partial charge in [-0.05, 0) is 18.5 Å². The van der Waals surface area contributed by atoms with Gasteiger partial charge in [0, 0.05) is 24.2 Å². The number of amides is 2. The van der Waals surface area contributed by atoms with E-state index in [2.05, 4.69) is 15.3 Å². The molecular weight excluding hydrogens is 435 g/mol. The van der Waals surface area contributed by atoms with Gasteiger partial charge in [-0.25, -0.2) is 27.9 Å². The van der Waals surface area contributed by atoms with Crippen molar-refractivity contribution >= 4 is 23.4 Å². The van der Waals surface area contributed by atoms with E-state index in [0.717, 1.165) is 6.07 Å². The molecule has 0 unspecified atom stereocenters. The van der Waals surface area contributed by atoms with Crippen molar-refractivity contribution in [1.82, 2.24) is 19.8 Å². The van der Waals surface area contributed by atoms with Crippen LogP contribution in [-0.2, 0) is 17.8 Å². The molecule has 7 nitrogen and oxygen atoms in total. The van der Waals surface area contributed by atoms with Crippen molar-refractivity contribution in [3.63, 3.8) is 0 Å². The van der Waals surface area contributed by atoms with Gasteiger partial charge < -0.3 is 19.9 Å². The summed E-state index contributed by atoms with van der Waals surface area (Å²) in [6, 6.07) is 3.09. The largest absolute Gasteiger partial charge is 0.378 e. The van der Waals surface area contributed by atoms with Crippen molar-refractivity contribution in [2.75, 3.05) is 31.6 Å². The van der Waals surface area contributed by atoms with Gasteiger partial charge in [-0.15, -0.1) is 0 Å². The second kappa shape index (κ2) is 8.88. The molecule has 1 atom stereocenters. The van der Waals surface area contributed by atoms with Crippen LogP contribution >= 0.6 is 11.6 Å². The minimum atomic E-state index is -2.91. The summed E-state index contributed by atoms with van der Waals surface area (Å²) in [6.45, 7) is 4.18. The Morgan fingerprint density at radius 2 is 1.87 bits per heavy atom. The number of carbonyl (C=O) groups is 1. The molecule has 166 valence electrons. The Bertz CT molecular complexity index is 988. The number of hydrogen-bond acceptors (Lipinski definition) is 5. The van der Waals surface area contributed by atoms with E-state index in [1.165, 1.54) is 12.1 Å². The van der Waals surface area contributed by atoms with E-state index in [4.69, 9.17) is 16.3 Å². The molecule has 1 saturated heterocycles. The van der Waals surface area contributed by atoms with Gasteiger partial charge >= 0.3 is 6.03 Å². The van der Waals surface area contributed by atoms with E-state index in [1.807, 2.05) is 0 Å². The van der Waals surface area contributed by atoms with Gasteiger partial charge in [0.25, 0.3) is 6.43 Å². The Labute approximate surface area is 182 Å². The van der Waals surface area contributed by atoms with Crippen LogP contribution in [0.3, 0.4) is 0 Å². The predicted molar refractivity (Wildman–Crippen MR) is 107 cm³/mol. The molecule has 1 N–H and O–H groups in total. The molecule has 0 radical (unpaired) electrons. The predicted octanol–water partition coefficient (Wildman–Crippen LogP) is 4.15. The number of anilines is 1. The molecule has 0 bridgehead atoms. The van der Waals surface area contributed by atoms with E-state index >= 15 is 0 Å². The number of rotatable bonds is 4. The van der Waals surface area contributed by atoms with Crippen molar-refractivity contribution in [3.8, 4) is 0 Å².